The van der Waals surface area contributed by atoms with Crippen LogP contribution >= 0.6 is 0 Å². The Morgan fingerprint density at radius 2 is 1.47 bits per heavy atom. The van der Waals surface area contributed by atoms with E-state index in [1.54, 1.807) is 25.1 Å². The van der Waals surface area contributed by atoms with Gasteiger partial charge in [-0.2, -0.15) is 15.0 Å². The first kappa shape index (κ1) is 25.4. The minimum atomic E-state index is -0.360. The molecular formula is C20H28N10O4. The molecule has 34 heavy (non-hydrogen) atoms. The lowest BCUT2D eigenvalue weighted by molar-refractivity contribution is 0.0428. The summed E-state index contributed by atoms with van der Waals surface area (Å²) in [7, 11) is 4.89. The summed E-state index contributed by atoms with van der Waals surface area (Å²) < 4.78 is 0. The van der Waals surface area contributed by atoms with Gasteiger partial charge in [0.15, 0.2) is 29.0 Å². The molecule has 0 unspecified atom stereocenters. The highest BCUT2D eigenvalue weighted by Gasteiger charge is 2.11. The second kappa shape index (κ2) is 11.1. The molecule has 0 bridgehead atoms. The molecule has 0 heterocycles. The van der Waals surface area contributed by atoms with Gasteiger partial charge in [-0.15, -0.1) is 0 Å². The van der Waals surface area contributed by atoms with E-state index in [0.29, 0.717) is 5.56 Å². The van der Waals surface area contributed by atoms with Crippen molar-refractivity contribution in [2.45, 2.75) is 6.54 Å². The molecule has 0 saturated heterocycles. The number of aliphatic imine (C=N–C) groups is 4. The number of aromatic hydroxyl groups is 3. The Bertz CT molecular complexity index is 1140. The summed E-state index contributed by atoms with van der Waals surface area (Å²) in [6.07, 6.45) is 0. The number of nitrogens with zero attached hydrogens (tertiary/aromatic N) is 6. The molecule has 0 aliphatic heterocycles. The summed E-state index contributed by atoms with van der Waals surface area (Å²) in [5, 5.41) is 30.1. The van der Waals surface area contributed by atoms with Crippen LogP contribution in [0, 0.1) is 0 Å². The van der Waals surface area contributed by atoms with Crippen molar-refractivity contribution >= 4 is 29.5 Å². The van der Waals surface area contributed by atoms with E-state index >= 15 is 0 Å². The third-order valence-corrected chi connectivity index (χ3v) is 4.12. The largest absolute Gasteiger partial charge is 0.504 e. The Balaban J connectivity index is 2.12. The normalized spacial score (nSPS) is 13.0. The number of phenolic OH excluding ortho intramolecular Hbond substituents is 3. The van der Waals surface area contributed by atoms with E-state index in [9.17, 15) is 15.3 Å². The number of hydroxylamine groups is 2. The molecule has 0 aliphatic carbocycles. The average molecular weight is 473 g/mol. The van der Waals surface area contributed by atoms with Crippen LogP contribution in [0.25, 0.3) is 0 Å². The molecule has 182 valence electrons. The number of nitrogens with two attached hydrogens (primary N) is 4. The molecule has 2 rings (SSSR count). The fourth-order valence-corrected chi connectivity index (χ4v) is 2.28. The number of benzene rings is 2. The molecule has 0 aromatic heterocycles. The number of guanidine groups is 4. The summed E-state index contributed by atoms with van der Waals surface area (Å²) >= 11 is 0. The molecule has 14 heteroatoms. The lowest BCUT2D eigenvalue weighted by atomic mass is 10.2. The molecule has 0 amide bonds. The zero-order chi connectivity index (χ0) is 25.4. The SMILES string of the molecule is CN(C)C(N)=NC(N)=NCc1ccc(O)c(ON(C)C(N)=NC(N)=Nc2ccc(O)c(O)c2)c1. The first-order chi connectivity index (χ1) is 16.0. The van der Waals surface area contributed by atoms with Crippen LogP contribution in [0.4, 0.5) is 5.69 Å². The predicted octanol–water partition coefficient (Wildman–Crippen LogP) is -0.319. The minimum Gasteiger partial charge on any atom is -0.504 e. The van der Waals surface area contributed by atoms with E-state index < -0.39 is 0 Å². The van der Waals surface area contributed by atoms with Crippen LogP contribution < -0.4 is 27.8 Å². The van der Waals surface area contributed by atoms with E-state index in [0.717, 1.165) is 5.06 Å². The monoisotopic (exact) mass is 472 g/mol. The topological polar surface area (TPSA) is 230 Å². The van der Waals surface area contributed by atoms with Gasteiger partial charge in [0, 0.05) is 27.2 Å². The van der Waals surface area contributed by atoms with Gasteiger partial charge in [-0.25, -0.2) is 9.98 Å². The number of hydrogen-bond donors (Lipinski definition) is 7. The van der Waals surface area contributed by atoms with Crippen LogP contribution in [0.15, 0.2) is 56.4 Å². The number of phenols is 3. The molecule has 0 fully saturated rings. The van der Waals surface area contributed by atoms with Crippen LogP contribution in [0.2, 0.25) is 0 Å². The summed E-state index contributed by atoms with van der Waals surface area (Å²) in [4.78, 5) is 23.1. The quantitative estimate of drug-likeness (QED) is 0.130. The van der Waals surface area contributed by atoms with Gasteiger partial charge in [-0.1, -0.05) is 6.07 Å². The van der Waals surface area contributed by atoms with Crippen LogP contribution in [-0.2, 0) is 6.54 Å². The van der Waals surface area contributed by atoms with Gasteiger partial charge >= 0.3 is 0 Å². The van der Waals surface area contributed by atoms with E-state index in [4.69, 9.17) is 27.8 Å². The zero-order valence-electron chi connectivity index (χ0n) is 18.9. The maximum atomic E-state index is 10.1. The van der Waals surface area contributed by atoms with Crippen molar-refractivity contribution in [2.24, 2.45) is 42.9 Å². The van der Waals surface area contributed by atoms with Crippen LogP contribution in [-0.4, -0.2) is 70.3 Å². The van der Waals surface area contributed by atoms with Crippen molar-refractivity contribution in [2.75, 3.05) is 21.1 Å². The van der Waals surface area contributed by atoms with Gasteiger partial charge in [-0.3, -0.25) is 0 Å². The first-order valence-electron chi connectivity index (χ1n) is 9.71. The predicted molar refractivity (Wildman–Crippen MR) is 130 cm³/mol. The van der Waals surface area contributed by atoms with Crippen molar-refractivity contribution in [3.8, 4) is 23.0 Å². The summed E-state index contributed by atoms with van der Waals surface area (Å²) in [5.74, 6) is -0.957. The second-order valence-corrected chi connectivity index (χ2v) is 7.04. The molecule has 11 N–H and O–H groups in total. The Kier molecular flexibility index (Phi) is 8.30. The number of hydrogen-bond acceptors (Lipinski definition) is 6. The Hall–Kier alpha value is -4.88. The van der Waals surface area contributed by atoms with Crippen molar-refractivity contribution in [3.05, 3.63) is 42.0 Å². The highest BCUT2D eigenvalue weighted by atomic mass is 16.7. The van der Waals surface area contributed by atoms with Gasteiger partial charge in [0.05, 0.1) is 12.2 Å². The second-order valence-electron chi connectivity index (χ2n) is 7.04. The van der Waals surface area contributed by atoms with E-state index in [1.165, 1.54) is 37.4 Å². The minimum absolute atomic E-state index is 0.00745. The van der Waals surface area contributed by atoms with Crippen molar-refractivity contribution in [3.63, 3.8) is 0 Å². The molecule has 2 aromatic rings. The Morgan fingerprint density at radius 1 is 0.824 bits per heavy atom. The highest BCUT2D eigenvalue weighted by Crippen LogP contribution is 2.29. The van der Waals surface area contributed by atoms with E-state index in [2.05, 4.69) is 20.0 Å². The van der Waals surface area contributed by atoms with Gasteiger partial charge in [0.1, 0.15) is 0 Å². The van der Waals surface area contributed by atoms with Crippen LogP contribution in [0.1, 0.15) is 5.56 Å². The number of rotatable bonds is 5. The summed E-state index contributed by atoms with van der Waals surface area (Å²) in [5.41, 5.74) is 24.0. The third-order valence-electron chi connectivity index (χ3n) is 4.12. The molecule has 0 atom stereocenters. The third kappa shape index (κ3) is 7.37. The van der Waals surface area contributed by atoms with Crippen LogP contribution in [0.5, 0.6) is 23.0 Å². The fraction of sp³-hybridized carbons (Fsp3) is 0.200. The maximum Gasteiger partial charge on any atom is 0.232 e. The lowest BCUT2D eigenvalue weighted by Gasteiger charge is -2.19. The summed E-state index contributed by atoms with van der Waals surface area (Å²) in [6, 6.07) is 8.46. The van der Waals surface area contributed by atoms with Crippen molar-refractivity contribution in [1.29, 1.82) is 0 Å². The standard InChI is InChI=1S/C20H28N10O4/c1-29(2)19(23)27-17(21)25-10-11-4-6-14(32)16(8-11)34-30(3)20(24)28-18(22)26-12-5-7-13(31)15(33)9-12/h4-9,31-33H,10H2,1-3H3,(H4,21,23,25,27)(H4,22,24,26,28). The van der Waals surface area contributed by atoms with Crippen molar-refractivity contribution < 1.29 is 20.2 Å². The first-order valence-corrected chi connectivity index (χ1v) is 9.71. The van der Waals surface area contributed by atoms with Gasteiger partial charge in [0.25, 0.3) is 0 Å². The zero-order valence-corrected chi connectivity index (χ0v) is 18.9. The van der Waals surface area contributed by atoms with Gasteiger partial charge in [0.2, 0.25) is 17.9 Å². The van der Waals surface area contributed by atoms with Crippen molar-refractivity contribution in [1.82, 2.24) is 9.96 Å². The summed E-state index contributed by atoms with van der Waals surface area (Å²) in [6.45, 7) is 0.152. The van der Waals surface area contributed by atoms with Gasteiger partial charge in [-0.05, 0) is 29.8 Å². The highest BCUT2D eigenvalue weighted by molar-refractivity contribution is 5.94. The van der Waals surface area contributed by atoms with E-state index in [1.807, 2.05) is 0 Å². The molecule has 0 spiro atoms. The lowest BCUT2D eigenvalue weighted by Crippen LogP contribution is -2.38. The average Bonchev–Trinajstić information content (AvgIpc) is 2.76. The molecule has 2 aromatic carbocycles. The van der Waals surface area contributed by atoms with E-state index in [-0.39, 0.29) is 59.1 Å². The molecule has 14 nitrogen and oxygen atoms in total. The molecule has 0 aliphatic rings. The Labute approximate surface area is 195 Å². The molecule has 0 radical (unpaired) electrons. The maximum absolute atomic E-state index is 10.1. The fourth-order valence-electron chi connectivity index (χ4n) is 2.28. The molecular weight excluding hydrogens is 444 g/mol. The van der Waals surface area contributed by atoms with Crippen LogP contribution in [0.3, 0.4) is 0 Å². The Morgan fingerprint density at radius 3 is 2.12 bits per heavy atom. The molecule has 0 saturated carbocycles. The smallest absolute Gasteiger partial charge is 0.232 e. The van der Waals surface area contributed by atoms with Gasteiger partial charge < -0.3 is 48.0 Å².